The molecule has 12 heavy (non-hydrogen) atoms. The maximum atomic E-state index is 10.4. The summed E-state index contributed by atoms with van der Waals surface area (Å²) < 4.78 is 19.3. The number of thiocarbonyl (C=S) groups is 2. The normalized spacial score (nSPS) is 12.3. The van der Waals surface area contributed by atoms with Crippen molar-refractivity contribution in [2.75, 3.05) is 0 Å². The third kappa shape index (κ3) is 5.49. The fourth-order valence-electron chi connectivity index (χ4n) is 0.292. The smallest absolute Gasteiger partial charge is 0.307 e. The lowest BCUT2D eigenvalue weighted by Crippen LogP contribution is -2.29. The summed E-state index contributed by atoms with van der Waals surface area (Å²) in [5, 5.41) is 0.0994. The Morgan fingerprint density at radius 3 is 1.83 bits per heavy atom. The van der Waals surface area contributed by atoms with E-state index in [4.69, 9.17) is 4.55 Å². The molecule has 1 atom stereocenters. The third-order valence-electron chi connectivity index (χ3n) is 0.534. The Morgan fingerprint density at radius 2 is 1.67 bits per heavy atom. The van der Waals surface area contributed by atoms with Gasteiger partial charge in [-0.15, -0.1) is 0 Å². The first-order valence-electron chi connectivity index (χ1n) is 2.71. The molecule has 0 rings (SSSR count). The monoisotopic (exact) mass is 229 g/mol. The molecule has 0 amide bonds. The molecule has 0 heterocycles. The first kappa shape index (κ1) is 11.8. The van der Waals surface area contributed by atoms with Gasteiger partial charge in [-0.25, -0.2) is 4.21 Å². The van der Waals surface area contributed by atoms with Gasteiger partial charge in [0.15, 0.2) is 14.7 Å². The molecule has 5 nitrogen and oxygen atoms in total. The Labute approximate surface area is 83.0 Å². The second-order valence-electron chi connectivity index (χ2n) is 1.62. The molecule has 1 unspecified atom stereocenters. The van der Waals surface area contributed by atoms with Gasteiger partial charge < -0.3 is 9.68 Å². The summed E-state index contributed by atoms with van der Waals surface area (Å²) >= 11 is 6.59. The molecule has 0 aliphatic carbocycles. The van der Waals surface area contributed by atoms with E-state index in [9.17, 15) is 4.21 Å². The highest BCUT2D eigenvalue weighted by molar-refractivity contribution is 7.80. The van der Waals surface area contributed by atoms with E-state index in [1.807, 2.05) is 0 Å². The van der Waals surface area contributed by atoms with Crippen molar-refractivity contribution in [3.05, 3.63) is 0 Å². The van der Waals surface area contributed by atoms with Crippen LogP contribution in [0.4, 0.5) is 0 Å². The second-order valence-corrected chi connectivity index (χ2v) is 3.53. The summed E-state index contributed by atoms with van der Waals surface area (Å²) in [6, 6.07) is 0. The van der Waals surface area contributed by atoms with Crippen molar-refractivity contribution in [2.24, 2.45) is 0 Å². The zero-order valence-electron chi connectivity index (χ0n) is 6.34. The average molecular weight is 229 g/mol. The predicted molar refractivity (Wildman–Crippen MR) is 51.3 cm³/mol. The number of nitrogens with zero attached hydrogens (tertiary/aromatic N) is 1. The average Bonchev–Trinajstić information content (AvgIpc) is 1.83. The van der Waals surface area contributed by atoms with Crippen molar-refractivity contribution < 1.29 is 18.4 Å². The van der Waals surface area contributed by atoms with Gasteiger partial charge in [-0.05, 0) is 24.4 Å². The fourth-order valence-corrected chi connectivity index (χ4v) is 0.873. The molecule has 0 aliphatic rings. The zero-order chi connectivity index (χ0) is 9.72. The molecule has 0 fully saturated rings. The van der Waals surface area contributed by atoms with Crippen LogP contribution in [0.1, 0.15) is 13.8 Å². The lowest BCUT2D eigenvalue weighted by molar-refractivity contribution is -0.194. The molecular formula is C4H7NO4S3. The molecule has 0 saturated carbocycles. The first-order valence-corrected chi connectivity index (χ1v) is 4.59. The predicted octanol–water partition coefficient (Wildman–Crippen LogP) is 0.983. The molecule has 0 aliphatic heterocycles. The van der Waals surface area contributed by atoms with Crippen molar-refractivity contribution in [3.8, 4) is 0 Å². The molecule has 0 aromatic heterocycles. The topological polar surface area (TPSA) is 59.0 Å². The minimum absolute atomic E-state index is 0.0497. The van der Waals surface area contributed by atoms with Crippen molar-refractivity contribution in [3.63, 3.8) is 0 Å². The third-order valence-corrected chi connectivity index (χ3v) is 1.09. The van der Waals surface area contributed by atoms with Gasteiger partial charge in [0.2, 0.25) is 0 Å². The molecule has 1 N–H and O–H groups in total. The van der Waals surface area contributed by atoms with Crippen LogP contribution in [0.3, 0.4) is 0 Å². The first-order chi connectivity index (χ1) is 5.43. The largest absolute Gasteiger partial charge is 0.351 e. The highest BCUT2D eigenvalue weighted by atomic mass is 32.2. The number of rotatable bonds is 3. The number of hydrogen-bond donors (Lipinski definition) is 1. The van der Waals surface area contributed by atoms with Crippen molar-refractivity contribution >= 4 is 45.8 Å². The van der Waals surface area contributed by atoms with Gasteiger partial charge in [0.1, 0.15) is 0 Å². The summed E-state index contributed by atoms with van der Waals surface area (Å²) in [7, 11) is 0. The van der Waals surface area contributed by atoms with Crippen LogP contribution in [0, 0.1) is 0 Å². The maximum absolute atomic E-state index is 10.4. The molecule has 0 aromatic rings. The summed E-state index contributed by atoms with van der Waals surface area (Å²) in [5.74, 6) is 0. The van der Waals surface area contributed by atoms with Gasteiger partial charge in [-0.2, -0.15) is 0 Å². The van der Waals surface area contributed by atoms with Gasteiger partial charge in [-0.1, -0.05) is 0 Å². The van der Waals surface area contributed by atoms with Crippen molar-refractivity contribution in [1.29, 1.82) is 0 Å². The summed E-state index contributed by atoms with van der Waals surface area (Å²) in [5.41, 5.74) is 0. The van der Waals surface area contributed by atoms with Crippen LogP contribution < -0.4 is 0 Å². The summed E-state index contributed by atoms with van der Waals surface area (Å²) in [6.07, 6.45) is 0. The van der Waals surface area contributed by atoms with Crippen LogP contribution >= 0.6 is 24.4 Å². The molecule has 0 bridgehead atoms. The Morgan fingerprint density at radius 1 is 1.33 bits per heavy atom. The van der Waals surface area contributed by atoms with Gasteiger partial charge in [0.05, 0.1) is 0 Å². The Kier molecular flexibility index (Phi) is 5.42. The van der Waals surface area contributed by atoms with Crippen LogP contribution in [-0.4, -0.2) is 23.5 Å². The van der Waals surface area contributed by atoms with Crippen LogP contribution in [0.15, 0.2) is 0 Å². The molecule has 0 aromatic carbocycles. The lowest BCUT2D eigenvalue weighted by atomic mass is 10.9. The Bertz CT molecular complexity index is 202. The van der Waals surface area contributed by atoms with E-state index in [1.54, 1.807) is 0 Å². The van der Waals surface area contributed by atoms with Crippen LogP contribution in [-0.2, 0) is 20.9 Å². The van der Waals surface area contributed by atoms with E-state index >= 15 is 0 Å². The highest BCUT2D eigenvalue weighted by Crippen LogP contribution is 1.98. The van der Waals surface area contributed by atoms with Crippen molar-refractivity contribution in [1.82, 2.24) is 4.63 Å². The molecule has 8 heteroatoms. The van der Waals surface area contributed by atoms with Crippen LogP contribution in [0.25, 0.3) is 0 Å². The van der Waals surface area contributed by atoms with Gasteiger partial charge in [0.25, 0.3) is 0 Å². The van der Waals surface area contributed by atoms with Crippen LogP contribution in [0.2, 0.25) is 0 Å². The SMILES string of the molecule is CC(=S)ON(OC(C)=S)S(=O)O. The van der Waals surface area contributed by atoms with Gasteiger partial charge >= 0.3 is 11.3 Å². The Hall–Kier alpha value is -0.150. The standard InChI is InChI=1S/C4H7NO4S3/c1-3(10)8-5(12(6)7)9-4(2)11/h1-2H3,(H,6,7). The number of hydrogen-bond acceptors (Lipinski definition) is 5. The summed E-state index contributed by atoms with van der Waals surface area (Å²) in [4.78, 5) is 9.05. The highest BCUT2D eigenvalue weighted by Gasteiger charge is 2.15. The fraction of sp³-hybridized carbons (Fsp3) is 0.500. The van der Waals surface area contributed by atoms with E-state index < -0.39 is 11.3 Å². The van der Waals surface area contributed by atoms with E-state index in [-0.39, 0.29) is 10.1 Å². The van der Waals surface area contributed by atoms with E-state index in [0.717, 1.165) is 0 Å². The lowest BCUT2D eigenvalue weighted by Gasteiger charge is -2.14. The van der Waals surface area contributed by atoms with Gasteiger partial charge in [0, 0.05) is 13.8 Å². The van der Waals surface area contributed by atoms with E-state index in [1.165, 1.54) is 13.8 Å². The van der Waals surface area contributed by atoms with E-state index in [0.29, 0.717) is 4.63 Å². The van der Waals surface area contributed by atoms with Crippen LogP contribution in [0.5, 0.6) is 0 Å². The maximum Gasteiger partial charge on any atom is 0.307 e. The second kappa shape index (κ2) is 5.49. The molecule has 0 saturated heterocycles. The van der Waals surface area contributed by atoms with Gasteiger partial charge in [-0.3, -0.25) is 4.55 Å². The quantitative estimate of drug-likeness (QED) is 0.442. The molecular weight excluding hydrogens is 222 g/mol. The van der Waals surface area contributed by atoms with E-state index in [2.05, 4.69) is 34.1 Å². The minimum Gasteiger partial charge on any atom is -0.351 e. The van der Waals surface area contributed by atoms with Crippen molar-refractivity contribution in [2.45, 2.75) is 13.8 Å². The molecule has 70 valence electrons. The molecule has 0 radical (unpaired) electrons. The Balaban J connectivity index is 4.14. The minimum atomic E-state index is -2.43. The zero-order valence-corrected chi connectivity index (χ0v) is 8.79. The molecule has 0 spiro atoms. The summed E-state index contributed by atoms with van der Waals surface area (Å²) in [6.45, 7) is 2.86.